The van der Waals surface area contributed by atoms with Gasteiger partial charge in [-0.3, -0.25) is 9.59 Å². The Morgan fingerprint density at radius 2 is 1.89 bits per heavy atom. The molecule has 0 spiro atoms. The predicted octanol–water partition coefficient (Wildman–Crippen LogP) is 2.70. The van der Waals surface area contributed by atoms with Gasteiger partial charge in [0.1, 0.15) is 6.04 Å². The molecule has 0 aliphatic carbocycles. The van der Waals surface area contributed by atoms with Gasteiger partial charge in [-0.25, -0.2) is 4.79 Å². The van der Waals surface area contributed by atoms with Crippen molar-refractivity contribution in [2.75, 3.05) is 13.2 Å². The summed E-state index contributed by atoms with van der Waals surface area (Å²) in [7, 11) is 0. The molecule has 154 valence electrons. The predicted molar refractivity (Wildman–Crippen MR) is 108 cm³/mol. The molecule has 1 saturated heterocycles. The van der Waals surface area contributed by atoms with Gasteiger partial charge in [0.15, 0.2) is 6.61 Å². The van der Waals surface area contributed by atoms with Gasteiger partial charge in [0.05, 0.1) is 6.42 Å². The number of carbonyl (C=O) groups is 3. The van der Waals surface area contributed by atoms with E-state index < -0.39 is 12.0 Å². The summed E-state index contributed by atoms with van der Waals surface area (Å²) in [5, 5.41) is 2.75. The van der Waals surface area contributed by atoms with Crippen molar-refractivity contribution < 1.29 is 19.1 Å². The third-order valence-corrected chi connectivity index (χ3v) is 5.20. The van der Waals surface area contributed by atoms with E-state index in [0.717, 1.165) is 37.8 Å². The van der Waals surface area contributed by atoms with Crippen LogP contribution in [0.5, 0.6) is 0 Å². The molecular weight excluding hydrogens is 356 g/mol. The minimum absolute atomic E-state index is 0.138. The molecule has 6 nitrogen and oxygen atoms in total. The van der Waals surface area contributed by atoms with Crippen LogP contribution in [0.3, 0.4) is 0 Å². The first-order valence-corrected chi connectivity index (χ1v) is 10.2. The molecule has 1 aliphatic heterocycles. The normalized spacial score (nSPS) is 17.9. The fourth-order valence-corrected chi connectivity index (χ4v) is 3.56. The first-order valence-electron chi connectivity index (χ1n) is 10.2. The molecule has 0 aromatic heterocycles. The summed E-state index contributed by atoms with van der Waals surface area (Å²) in [6, 6.07) is 8.81. The Balaban J connectivity index is 1.88. The number of piperidine rings is 1. The van der Waals surface area contributed by atoms with Crippen molar-refractivity contribution in [1.29, 1.82) is 0 Å². The zero-order valence-corrected chi connectivity index (χ0v) is 17.1. The molecule has 1 fully saturated rings. The minimum atomic E-state index is -0.771. The van der Waals surface area contributed by atoms with Crippen molar-refractivity contribution in [1.82, 2.24) is 10.2 Å². The third-order valence-electron chi connectivity index (χ3n) is 5.20. The Morgan fingerprint density at radius 3 is 2.54 bits per heavy atom. The van der Waals surface area contributed by atoms with Gasteiger partial charge in [-0.15, -0.1) is 0 Å². The van der Waals surface area contributed by atoms with Crippen LogP contribution in [0, 0.1) is 5.92 Å². The smallest absolute Gasteiger partial charge is 0.329 e. The molecule has 1 N–H and O–H groups in total. The number of nitrogens with one attached hydrogen (secondary N) is 1. The van der Waals surface area contributed by atoms with Crippen molar-refractivity contribution in [2.24, 2.45) is 5.92 Å². The zero-order valence-electron chi connectivity index (χ0n) is 17.1. The lowest BCUT2D eigenvalue weighted by molar-refractivity contribution is -0.156. The van der Waals surface area contributed by atoms with Crippen molar-refractivity contribution in [3.63, 3.8) is 0 Å². The zero-order chi connectivity index (χ0) is 20.5. The summed E-state index contributed by atoms with van der Waals surface area (Å²) in [5.41, 5.74) is 0.877. The Hall–Kier alpha value is -2.37. The van der Waals surface area contributed by atoms with Crippen LogP contribution in [-0.2, 0) is 25.5 Å². The SMILES string of the molecule is CC[C@@H]1CCCCN1C(=O)COC(=O)[C@@H](NC(=O)Cc1ccccc1)C(C)C. The van der Waals surface area contributed by atoms with E-state index in [4.69, 9.17) is 4.74 Å². The molecule has 0 unspecified atom stereocenters. The molecule has 6 heteroatoms. The molecular formula is C22H32N2O4. The maximum absolute atomic E-state index is 12.5. The largest absolute Gasteiger partial charge is 0.454 e. The van der Waals surface area contributed by atoms with Gasteiger partial charge in [0.25, 0.3) is 5.91 Å². The second-order valence-electron chi connectivity index (χ2n) is 7.70. The standard InChI is InChI=1S/C22H32N2O4/c1-4-18-12-8-9-13-24(18)20(26)15-28-22(27)21(16(2)3)23-19(25)14-17-10-6-5-7-11-17/h5-7,10-11,16,18,21H,4,8-9,12-15H2,1-3H3,(H,23,25)/t18-,21+/m1/s1. The van der Waals surface area contributed by atoms with E-state index in [1.807, 2.05) is 49.1 Å². The van der Waals surface area contributed by atoms with Gasteiger partial charge in [-0.1, -0.05) is 51.1 Å². The van der Waals surface area contributed by atoms with E-state index >= 15 is 0 Å². The van der Waals surface area contributed by atoms with Crippen molar-refractivity contribution in [3.05, 3.63) is 35.9 Å². The summed E-state index contributed by atoms with van der Waals surface area (Å²) < 4.78 is 5.28. The molecule has 1 aliphatic rings. The number of rotatable bonds is 8. The van der Waals surface area contributed by atoms with E-state index in [1.165, 1.54) is 0 Å². The summed E-state index contributed by atoms with van der Waals surface area (Å²) in [6.07, 6.45) is 4.22. The van der Waals surface area contributed by atoms with Crippen molar-refractivity contribution >= 4 is 17.8 Å². The van der Waals surface area contributed by atoms with Gasteiger partial charge >= 0.3 is 5.97 Å². The van der Waals surface area contributed by atoms with Gasteiger partial charge < -0.3 is 15.0 Å². The number of esters is 1. The molecule has 2 amide bonds. The molecule has 2 atom stereocenters. The Morgan fingerprint density at radius 1 is 1.18 bits per heavy atom. The lowest BCUT2D eigenvalue weighted by Gasteiger charge is -2.35. The van der Waals surface area contributed by atoms with Crippen LogP contribution in [0.15, 0.2) is 30.3 Å². The highest BCUT2D eigenvalue weighted by molar-refractivity contribution is 5.87. The van der Waals surface area contributed by atoms with E-state index in [2.05, 4.69) is 12.2 Å². The minimum Gasteiger partial charge on any atom is -0.454 e. The molecule has 1 aromatic rings. The molecule has 0 saturated carbocycles. The van der Waals surface area contributed by atoms with Crippen molar-refractivity contribution in [2.45, 2.75) is 65.0 Å². The number of likely N-dealkylation sites (tertiary alicyclic amines) is 1. The summed E-state index contributed by atoms with van der Waals surface area (Å²) in [4.78, 5) is 39.1. The van der Waals surface area contributed by atoms with E-state index in [0.29, 0.717) is 0 Å². The summed E-state index contributed by atoms with van der Waals surface area (Å²) >= 11 is 0. The third kappa shape index (κ3) is 6.36. The highest BCUT2D eigenvalue weighted by atomic mass is 16.5. The molecule has 0 bridgehead atoms. The first kappa shape index (κ1) is 21.9. The van der Waals surface area contributed by atoms with Gasteiger partial charge in [0, 0.05) is 12.6 Å². The fourth-order valence-electron chi connectivity index (χ4n) is 3.56. The van der Waals surface area contributed by atoms with Gasteiger partial charge in [-0.2, -0.15) is 0 Å². The number of ether oxygens (including phenoxy) is 1. The summed E-state index contributed by atoms with van der Waals surface area (Å²) in [6.45, 7) is 6.20. The van der Waals surface area contributed by atoms with Crippen LogP contribution < -0.4 is 5.32 Å². The van der Waals surface area contributed by atoms with E-state index in [-0.39, 0.29) is 36.8 Å². The summed E-state index contributed by atoms with van der Waals surface area (Å²) in [5.74, 6) is -1.09. The Labute approximate surface area is 167 Å². The highest BCUT2D eigenvalue weighted by Gasteiger charge is 2.29. The molecule has 1 aromatic carbocycles. The average Bonchev–Trinajstić information content (AvgIpc) is 2.70. The topological polar surface area (TPSA) is 75.7 Å². The van der Waals surface area contributed by atoms with E-state index in [1.54, 1.807) is 0 Å². The Kier molecular flexibility index (Phi) is 8.48. The quantitative estimate of drug-likeness (QED) is 0.695. The highest BCUT2D eigenvalue weighted by Crippen LogP contribution is 2.19. The van der Waals surface area contributed by atoms with Gasteiger partial charge in [-0.05, 0) is 37.2 Å². The van der Waals surface area contributed by atoms with Gasteiger partial charge in [0.2, 0.25) is 5.91 Å². The molecule has 0 radical (unpaired) electrons. The monoisotopic (exact) mass is 388 g/mol. The number of nitrogens with zero attached hydrogens (tertiary/aromatic N) is 1. The molecule has 28 heavy (non-hydrogen) atoms. The first-order chi connectivity index (χ1) is 13.4. The average molecular weight is 389 g/mol. The van der Waals surface area contributed by atoms with Crippen LogP contribution in [0.1, 0.15) is 52.0 Å². The van der Waals surface area contributed by atoms with E-state index in [9.17, 15) is 14.4 Å². The number of hydrogen-bond acceptors (Lipinski definition) is 4. The molecule has 2 rings (SSSR count). The fraction of sp³-hybridized carbons (Fsp3) is 0.591. The van der Waals surface area contributed by atoms with Crippen molar-refractivity contribution in [3.8, 4) is 0 Å². The van der Waals surface area contributed by atoms with Crippen LogP contribution >= 0.6 is 0 Å². The lowest BCUT2D eigenvalue weighted by Crippen LogP contribution is -2.48. The second kappa shape index (κ2) is 10.8. The van der Waals surface area contributed by atoms with Crippen LogP contribution in [0.4, 0.5) is 0 Å². The second-order valence-corrected chi connectivity index (χ2v) is 7.70. The lowest BCUT2D eigenvalue weighted by atomic mass is 10.00. The van der Waals surface area contributed by atoms with Crippen LogP contribution in [-0.4, -0.2) is 47.9 Å². The maximum atomic E-state index is 12.5. The maximum Gasteiger partial charge on any atom is 0.329 e. The number of benzene rings is 1. The number of amides is 2. The Bertz CT molecular complexity index is 660. The number of carbonyl (C=O) groups excluding carboxylic acids is 3. The van der Waals surface area contributed by atoms with Crippen LogP contribution in [0.25, 0.3) is 0 Å². The number of hydrogen-bond donors (Lipinski definition) is 1. The molecule has 1 heterocycles. The van der Waals surface area contributed by atoms with Crippen LogP contribution in [0.2, 0.25) is 0 Å².